The molecule has 1 aliphatic rings. The molecule has 0 saturated carbocycles. The third kappa shape index (κ3) is 4.78. The zero-order valence-corrected chi connectivity index (χ0v) is 19.1. The number of halogens is 1. The van der Waals surface area contributed by atoms with E-state index in [1.54, 1.807) is 4.90 Å². The largest absolute Gasteiger partial charge is 0.489 e. The molecule has 1 saturated heterocycles. The molecule has 0 amide bonds. The van der Waals surface area contributed by atoms with Crippen LogP contribution < -0.4 is 10.5 Å². The Morgan fingerprint density at radius 1 is 1.12 bits per heavy atom. The Hall–Kier alpha value is -3.58. The highest BCUT2D eigenvalue weighted by molar-refractivity contribution is 5.87. The van der Waals surface area contributed by atoms with Crippen molar-refractivity contribution in [3.63, 3.8) is 0 Å². The van der Waals surface area contributed by atoms with Gasteiger partial charge < -0.3 is 19.9 Å². The Bertz CT molecular complexity index is 1270. The molecule has 1 unspecified atom stereocenters. The van der Waals surface area contributed by atoms with Gasteiger partial charge in [0.15, 0.2) is 5.96 Å². The summed E-state index contributed by atoms with van der Waals surface area (Å²) >= 11 is 0. The van der Waals surface area contributed by atoms with Gasteiger partial charge in [-0.1, -0.05) is 53.2 Å². The molecular formula is C25H26ClN5O2. The van der Waals surface area contributed by atoms with Gasteiger partial charge in [0.1, 0.15) is 18.4 Å². The van der Waals surface area contributed by atoms with E-state index in [2.05, 4.69) is 41.3 Å². The van der Waals surface area contributed by atoms with Gasteiger partial charge in [-0.05, 0) is 54.3 Å². The number of aromatic nitrogens is 2. The number of nitrogens with zero attached hydrogens (tertiary/aromatic N) is 3. The molecule has 4 aromatic rings. The van der Waals surface area contributed by atoms with E-state index in [1.807, 2.05) is 36.4 Å². The minimum Gasteiger partial charge on any atom is -0.489 e. The van der Waals surface area contributed by atoms with Crippen LogP contribution in [0.4, 0.5) is 0 Å². The summed E-state index contributed by atoms with van der Waals surface area (Å²) in [5, 5.41) is 14.1. The number of benzene rings is 3. The van der Waals surface area contributed by atoms with E-state index in [0.29, 0.717) is 18.3 Å². The van der Waals surface area contributed by atoms with Crippen molar-refractivity contribution in [3.8, 4) is 17.1 Å². The summed E-state index contributed by atoms with van der Waals surface area (Å²) in [4.78, 5) is 6.39. The number of hydrogen-bond donors (Lipinski definition) is 2. The summed E-state index contributed by atoms with van der Waals surface area (Å²) in [6, 6.07) is 20.4. The lowest BCUT2D eigenvalue weighted by Crippen LogP contribution is -2.35. The summed E-state index contributed by atoms with van der Waals surface area (Å²) in [7, 11) is 0. The van der Waals surface area contributed by atoms with Crippen LogP contribution in [-0.4, -0.2) is 27.5 Å². The predicted molar refractivity (Wildman–Crippen MR) is 131 cm³/mol. The fourth-order valence-electron chi connectivity index (χ4n) is 4.10. The maximum atomic E-state index is 7.74. The first kappa shape index (κ1) is 22.6. The molecule has 0 bridgehead atoms. The molecule has 7 nitrogen and oxygen atoms in total. The molecule has 0 spiro atoms. The highest BCUT2D eigenvalue weighted by Gasteiger charge is 2.31. The number of hydrogen-bond acceptors (Lipinski definition) is 5. The number of aryl methyl sites for hydroxylation is 1. The van der Waals surface area contributed by atoms with E-state index < -0.39 is 0 Å². The van der Waals surface area contributed by atoms with E-state index in [-0.39, 0.29) is 24.4 Å². The number of likely N-dealkylation sites (tertiary alicyclic amines) is 1. The van der Waals surface area contributed by atoms with E-state index in [4.69, 9.17) is 20.4 Å². The van der Waals surface area contributed by atoms with Gasteiger partial charge in [-0.2, -0.15) is 4.98 Å². The van der Waals surface area contributed by atoms with E-state index >= 15 is 0 Å². The molecule has 0 radical (unpaired) electrons. The molecular weight excluding hydrogens is 438 g/mol. The van der Waals surface area contributed by atoms with Gasteiger partial charge in [0.2, 0.25) is 11.7 Å². The lowest BCUT2D eigenvalue weighted by atomic mass is 10.1. The van der Waals surface area contributed by atoms with Crippen molar-refractivity contribution in [2.45, 2.75) is 32.4 Å². The lowest BCUT2D eigenvalue weighted by Gasteiger charge is -2.21. The predicted octanol–water partition coefficient (Wildman–Crippen LogP) is 5.23. The van der Waals surface area contributed by atoms with Crippen LogP contribution in [0.25, 0.3) is 22.2 Å². The second-order valence-electron chi connectivity index (χ2n) is 8.19. The average molecular weight is 464 g/mol. The van der Waals surface area contributed by atoms with Crippen LogP contribution >= 0.6 is 12.4 Å². The van der Waals surface area contributed by atoms with Crippen molar-refractivity contribution in [1.82, 2.24) is 15.0 Å². The molecule has 1 aromatic heterocycles. The molecule has 1 atom stereocenters. The van der Waals surface area contributed by atoms with E-state index in [0.717, 1.165) is 47.0 Å². The molecule has 170 valence electrons. The average Bonchev–Trinajstić information content (AvgIpc) is 3.48. The topological polar surface area (TPSA) is 101 Å². The van der Waals surface area contributed by atoms with E-state index in [1.165, 1.54) is 5.56 Å². The third-order valence-corrected chi connectivity index (χ3v) is 5.89. The van der Waals surface area contributed by atoms with E-state index in [9.17, 15) is 0 Å². The molecule has 2 heterocycles. The minimum atomic E-state index is -0.123. The summed E-state index contributed by atoms with van der Waals surface area (Å²) in [5.74, 6) is 1.92. The van der Waals surface area contributed by atoms with Crippen LogP contribution in [0.5, 0.6) is 5.75 Å². The van der Waals surface area contributed by atoms with Crippen LogP contribution in [0.15, 0.2) is 65.2 Å². The molecule has 3 N–H and O–H groups in total. The Kier molecular flexibility index (Phi) is 6.51. The van der Waals surface area contributed by atoms with Gasteiger partial charge in [-0.15, -0.1) is 12.4 Å². The summed E-state index contributed by atoms with van der Waals surface area (Å²) in [6.07, 6.45) is 1.80. The summed E-state index contributed by atoms with van der Waals surface area (Å²) in [6.45, 7) is 3.35. The molecule has 0 aliphatic carbocycles. The fraction of sp³-hybridized carbons (Fsp3) is 0.240. The number of ether oxygens (including phenoxy) is 1. The number of rotatable bonds is 5. The number of fused-ring (bicyclic) bond motifs is 1. The second-order valence-corrected chi connectivity index (χ2v) is 8.19. The first-order chi connectivity index (χ1) is 15.6. The fourth-order valence-corrected chi connectivity index (χ4v) is 4.10. The van der Waals surface area contributed by atoms with Crippen molar-refractivity contribution in [1.29, 1.82) is 5.41 Å². The molecule has 1 fully saturated rings. The van der Waals surface area contributed by atoms with Crippen molar-refractivity contribution in [2.24, 2.45) is 5.73 Å². The lowest BCUT2D eigenvalue weighted by molar-refractivity contribution is 0.283. The summed E-state index contributed by atoms with van der Waals surface area (Å²) < 4.78 is 11.5. The molecule has 8 heteroatoms. The van der Waals surface area contributed by atoms with Gasteiger partial charge in [0.05, 0.1) is 0 Å². The maximum Gasteiger partial charge on any atom is 0.249 e. The van der Waals surface area contributed by atoms with Crippen LogP contribution in [0.2, 0.25) is 0 Å². The SMILES string of the molecule is Cc1ccc(COc2ccc3cc(-c4noc(C5CCCN5C(=N)N)n4)ccc3c2)cc1.Cl. The van der Waals surface area contributed by atoms with Crippen LogP contribution in [0.3, 0.4) is 0 Å². The van der Waals surface area contributed by atoms with Gasteiger partial charge in [0, 0.05) is 12.1 Å². The zero-order valence-electron chi connectivity index (χ0n) is 18.3. The normalized spacial score (nSPS) is 15.4. The number of guanidine groups is 1. The zero-order chi connectivity index (χ0) is 22.1. The van der Waals surface area contributed by atoms with Crippen LogP contribution in [0, 0.1) is 12.3 Å². The summed E-state index contributed by atoms with van der Waals surface area (Å²) in [5.41, 5.74) is 8.95. The third-order valence-electron chi connectivity index (χ3n) is 5.89. The highest BCUT2D eigenvalue weighted by Crippen LogP contribution is 2.32. The number of nitrogens with two attached hydrogens (primary N) is 1. The quantitative estimate of drug-likeness (QED) is 0.310. The molecule has 1 aliphatic heterocycles. The minimum absolute atomic E-state index is 0. The number of nitrogens with one attached hydrogen (secondary N) is 1. The Balaban J connectivity index is 0.00000259. The van der Waals surface area contributed by atoms with Crippen LogP contribution in [0.1, 0.15) is 35.9 Å². The van der Waals surface area contributed by atoms with Gasteiger partial charge in [-0.25, -0.2) is 0 Å². The van der Waals surface area contributed by atoms with Gasteiger partial charge in [0.25, 0.3) is 0 Å². The van der Waals surface area contributed by atoms with Crippen molar-refractivity contribution >= 4 is 29.1 Å². The van der Waals surface area contributed by atoms with Crippen LogP contribution in [-0.2, 0) is 6.61 Å². The van der Waals surface area contributed by atoms with Crippen molar-refractivity contribution in [2.75, 3.05) is 6.54 Å². The first-order valence-corrected chi connectivity index (χ1v) is 10.7. The second kappa shape index (κ2) is 9.50. The van der Waals surface area contributed by atoms with Gasteiger partial charge in [-0.3, -0.25) is 5.41 Å². The smallest absolute Gasteiger partial charge is 0.249 e. The Morgan fingerprint density at radius 3 is 2.67 bits per heavy atom. The Morgan fingerprint density at radius 2 is 1.88 bits per heavy atom. The standard InChI is InChI=1S/C25H25N5O2.ClH/c1-16-4-6-17(7-5-16)15-31-21-11-10-18-13-20(9-8-19(18)14-21)23-28-24(32-29-23)22-3-2-12-30(22)25(26)27;/h4-11,13-14,22H,2-3,12,15H2,1H3,(H3,26,27);1H. The van der Waals surface area contributed by atoms with Crippen molar-refractivity contribution in [3.05, 3.63) is 77.7 Å². The van der Waals surface area contributed by atoms with Crippen molar-refractivity contribution < 1.29 is 9.26 Å². The Labute approximate surface area is 198 Å². The maximum absolute atomic E-state index is 7.74. The molecule has 5 rings (SSSR count). The first-order valence-electron chi connectivity index (χ1n) is 10.7. The monoisotopic (exact) mass is 463 g/mol. The molecule has 33 heavy (non-hydrogen) atoms. The molecule has 3 aromatic carbocycles. The van der Waals surface area contributed by atoms with Gasteiger partial charge >= 0.3 is 0 Å². The highest BCUT2D eigenvalue weighted by atomic mass is 35.5.